The van der Waals surface area contributed by atoms with Crippen LogP contribution < -0.4 is 5.32 Å². The van der Waals surface area contributed by atoms with Crippen molar-refractivity contribution in [2.45, 2.75) is 64.5 Å². The van der Waals surface area contributed by atoms with Gasteiger partial charge in [-0.25, -0.2) is 9.50 Å². The Labute approximate surface area is 158 Å². The van der Waals surface area contributed by atoms with Crippen LogP contribution in [0.3, 0.4) is 0 Å². The van der Waals surface area contributed by atoms with Crippen molar-refractivity contribution >= 4 is 11.7 Å². The number of amides is 1. The van der Waals surface area contributed by atoms with Crippen molar-refractivity contribution in [3.8, 4) is 0 Å². The number of carbonyl (C=O) groups excluding carboxylic acids is 1. The first-order chi connectivity index (χ1) is 13.1. The molecule has 8 nitrogen and oxygen atoms in total. The average molecular weight is 367 g/mol. The van der Waals surface area contributed by atoms with Crippen molar-refractivity contribution in [3.05, 3.63) is 41.7 Å². The number of carbonyl (C=O) groups is 1. The molecule has 1 saturated carbocycles. The minimum atomic E-state index is 0.107. The van der Waals surface area contributed by atoms with Crippen LogP contribution in [0.2, 0.25) is 0 Å². The summed E-state index contributed by atoms with van der Waals surface area (Å²) in [6.45, 7) is 3.96. The molecule has 4 rings (SSSR count). The second-order valence-electron chi connectivity index (χ2n) is 7.29. The summed E-state index contributed by atoms with van der Waals surface area (Å²) in [4.78, 5) is 21.1. The molecule has 8 heteroatoms. The minimum absolute atomic E-state index is 0.107. The summed E-state index contributed by atoms with van der Waals surface area (Å²) in [5.74, 6) is 0.710. The summed E-state index contributed by atoms with van der Waals surface area (Å²) in [5.41, 5.74) is 2.99. The van der Waals surface area contributed by atoms with E-state index in [9.17, 15) is 4.79 Å². The number of nitrogens with zero attached hydrogens (tertiary/aromatic N) is 6. The van der Waals surface area contributed by atoms with Crippen LogP contribution in [0.4, 0.5) is 0 Å². The monoisotopic (exact) mass is 367 g/mol. The van der Waals surface area contributed by atoms with E-state index < -0.39 is 0 Å². The van der Waals surface area contributed by atoms with Gasteiger partial charge in [-0.3, -0.25) is 9.48 Å². The summed E-state index contributed by atoms with van der Waals surface area (Å²) in [7, 11) is 0. The number of hydrogen-bond donors (Lipinski definition) is 1. The lowest BCUT2D eigenvalue weighted by Gasteiger charge is -2.29. The molecule has 3 aromatic rings. The molecule has 0 spiro atoms. The van der Waals surface area contributed by atoms with E-state index in [1.807, 2.05) is 37.0 Å². The van der Waals surface area contributed by atoms with Crippen LogP contribution in [-0.2, 0) is 11.2 Å². The second-order valence-corrected chi connectivity index (χ2v) is 7.29. The number of fused-ring (bicyclic) bond motifs is 1. The molecule has 0 aliphatic heterocycles. The first-order valence-electron chi connectivity index (χ1n) is 9.56. The van der Waals surface area contributed by atoms with Crippen LogP contribution in [0, 0.1) is 13.8 Å². The van der Waals surface area contributed by atoms with Gasteiger partial charge in [0.05, 0.1) is 6.04 Å². The van der Waals surface area contributed by atoms with Crippen molar-refractivity contribution < 1.29 is 4.79 Å². The topological polar surface area (TPSA) is 90.0 Å². The molecule has 1 aliphatic rings. The summed E-state index contributed by atoms with van der Waals surface area (Å²) < 4.78 is 3.77. The highest BCUT2D eigenvalue weighted by atomic mass is 16.1. The maximum Gasteiger partial charge on any atom is 0.252 e. The Morgan fingerprint density at radius 3 is 2.78 bits per heavy atom. The number of rotatable bonds is 5. The molecule has 0 radical (unpaired) electrons. The lowest BCUT2D eigenvalue weighted by atomic mass is 9.91. The van der Waals surface area contributed by atoms with Gasteiger partial charge >= 0.3 is 0 Å². The Bertz CT molecular complexity index is 923. The Morgan fingerprint density at radius 1 is 1.22 bits per heavy atom. The van der Waals surface area contributed by atoms with E-state index in [1.54, 1.807) is 4.52 Å². The van der Waals surface area contributed by atoms with Gasteiger partial charge in [-0.2, -0.15) is 15.2 Å². The van der Waals surface area contributed by atoms with Crippen LogP contribution in [0.25, 0.3) is 5.78 Å². The van der Waals surface area contributed by atoms with Crippen LogP contribution >= 0.6 is 0 Å². The van der Waals surface area contributed by atoms with Crippen molar-refractivity contribution in [1.82, 2.24) is 34.7 Å². The van der Waals surface area contributed by atoms with E-state index in [2.05, 4.69) is 25.5 Å². The molecule has 1 fully saturated rings. The first-order valence-corrected chi connectivity index (χ1v) is 9.56. The van der Waals surface area contributed by atoms with Gasteiger partial charge in [-0.15, -0.1) is 0 Å². The van der Waals surface area contributed by atoms with Gasteiger partial charge in [0.1, 0.15) is 6.33 Å². The molecule has 0 saturated heterocycles. The molecule has 3 aromatic heterocycles. The Kier molecular flexibility index (Phi) is 4.87. The molecule has 142 valence electrons. The summed E-state index contributed by atoms with van der Waals surface area (Å²) in [5, 5.41) is 11.7. The highest BCUT2D eigenvalue weighted by Crippen LogP contribution is 2.27. The SMILES string of the molecule is Cc1nc2ncnn2c(C)c1CCC(=O)NC1CCC(n2cccn2)CC1. The predicted octanol–water partition coefficient (Wildman–Crippen LogP) is 2.17. The average Bonchev–Trinajstić information content (AvgIpc) is 3.34. The lowest BCUT2D eigenvalue weighted by Crippen LogP contribution is -2.38. The number of aryl methyl sites for hydroxylation is 2. The molecule has 1 aliphatic carbocycles. The van der Waals surface area contributed by atoms with Gasteiger partial charge in [0.2, 0.25) is 5.91 Å². The molecule has 3 heterocycles. The van der Waals surface area contributed by atoms with E-state index in [4.69, 9.17) is 0 Å². The van der Waals surface area contributed by atoms with Gasteiger partial charge in [-0.1, -0.05) is 0 Å². The van der Waals surface area contributed by atoms with Crippen LogP contribution in [-0.4, -0.2) is 41.3 Å². The van der Waals surface area contributed by atoms with Crippen molar-refractivity contribution in [2.75, 3.05) is 0 Å². The van der Waals surface area contributed by atoms with Gasteiger partial charge in [0, 0.05) is 36.2 Å². The largest absolute Gasteiger partial charge is 0.353 e. The normalized spacial score (nSPS) is 20.1. The van der Waals surface area contributed by atoms with E-state index in [1.165, 1.54) is 6.33 Å². The van der Waals surface area contributed by atoms with Crippen molar-refractivity contribution in [2.24, 2.45) is 0 Å². The number of aromatic nitrogens is 6. The summed E-state index contributed by atoms with van der Waals surface area (Å²) >= 11 is 0. The lowest BCUT2D eigenvalue weighted by molar-refractivity contribution is -0.122. The molecular weight excluding hydrogens is 342 g/mol. The van der Waals surface area contributed by atoms with Crippen molar-refractivity contribution in [1.29, 1.82) is 0 Å². The fourth-order valence-corrected chi connectivity index (χ4v) is 4.04. The maximum atomic E-state index is 12.4. The number of hydrogen-bond acceptors (Lipinski definition) is 5. The van der Waals surface area contributed by atoms with E-state index in [0.29, 0.717) is 24.7 Å². The Morgan fingerprint density at radius 2 is 2.04 bits per heavy atom. The van der Waals surface area contributed by atoms with E-state index in [0.717, 1.165) is 42.6 Å². The maximum absolute atomic E-state index is 12.4. The zero-order valence-corrected chi connectivity index (χ0v) is 15.8. The number of nitrogens with one attached hydrogen (secondary N) is 1. The third-order valence-electron chi connectivity index (χ3n) is 5.55. The smallest absolute Gasteiger partial charge is 0.252 e. The predicted molar refractivity (Wildman–Crippen MR) is 100 cm³/mol. The summed E-state index contributed by atoms with van der Waals surface area (Å²) in [6, 6.07) is 2.69. The van der Waals surface area contributed by atoms with Gasteiger partial charge in [0.15, 0.2) is 0 Å². The molecule has 0 unspecified atom stereocenters. The van der Waals surface area contributed by atoms with Crippen LogP contribution in [0.5, 0.6) is 0 Å². The zero-order valence-electron chi connectivity index (χ0n) is 15.8. The minimum Gasteiger partial charge on any atom is -0.353 e. The van der Waals surface area contributed by atoms with Gasteiger partial charge in [0.25, 0.3) is 5.78 Å². The zero-order chi connectivity index (χ0) is 18.8. The van der Waals surface area contributed by atoms with Crippen LogP contribution in [0.15, 0.2) is 24.8 Å². The van der Waals surface area contributed by atoms with E-state index in [-0.39, 0.29) is 11.9 Å². The molecule has 1 N–H and O–H groups in total. The fraction of sp³-hybridized carbons (Fsp3) is 0.526. The fourth-order valence-electron chi connectivity index (χ4n) is 4.04. The second kappa shape index (κ2) is 7.46. The molecule has 0 bridgehead atoms. The molecule has 0 atom stereocenters. The van der Waals surface area contributed by atoms with Crippen molar-refractivity contribution in [3.63, 3.8) is 0 Å². The first kappa shape index (κ1) is 17.6. The van der Waals surface area contributed by atoms with E-state index >= 15 is 0 Å². The third-order valence-corrected chi connectivity index (χ3v) is 5.55. The van der Waals surface area contributed by atoms with Crippen LogP contribution in [0.1, 0.15) is 55.1 Å². The third kappa shape index (κ3) is 3.70. The molecule has 27 heavy (non-hydrogen) atoms. The summed E-state index contributed by atoms with van der Waals surface area (Å²) in [6.07, 6.45) is 10.6. The Balaban J connectivity index is 1.30. The molecule has 1 amide bonds. The van der Waals surface area contributed by atoms with Gasteiger partial charge < -0.3 is 5.32 Å². The highest BCUT2D eigenvalue weighted by Gasteiger charge is 2.23. The Hall–Kier alpha value is -2.77. The molecular formula is C19H25N7O. The van der Waals surface area contributed by atoms with Gasteiger partial charge in [-0.05, 0) is 57.6 Å². The highest BCUT2D eigenvalue weighted by molar-refractivity contribution is 5.76. The quantitative estimate of drug-likeness (QED) is 0.746. The molecule has 0 aromatic carbocycles. The standard InChI is InChI=1S/C19H25N7O/c1-13-17(14(2)26-19(23-13)20-12-22-26)8-9-18(27)24-15-4-6-16(7-5-15)25-11-3-10-21-25/h3,10-12,15-16H,4-9H2,1-2H3,(H,24,27).